The van der Waals surface area contributed by atoms with Crippen LogP contribution in [0, 0.1) is 0 Å². The van der Waals surface area contributed by atoms with Gasteiger partial charge in [-0.15, -0.1) is 0 Å². The van der Waals surface area contributed by atoms with Gasteiger partial charge in [-0.2, -0.15) is 0 Å². The van der Waals surface area contributed by atoms with Crippen LogP contribution >= 0.6 is 0 Å². The molecule has 1 heterocycles. The van der Waals surface area contributed by atoms with Crippen molar-refractivity contribution in [3.63, 3.8) is 0 Å². The van der Waals surface area contributed by atoms with Gasteiger partial charge in [0.1, 0.15) is 6.04 Å². The van der Waals surface area contributed by atoms with E-state index in [1.807, 2.05) is 42.3 Å². The maximum Gasteiger partial charge on any atom is 0.325 e. The van der Waals surface area contributed by atoms with Crippen molar-refractivity contribution in [1.29, 1.82) is 0 Å². The van der Waals surface area contributed by atoms with Crippen LogP contribution in [-0.4, -0.2) is 42.3 Å². The van der Waals surface area contributed by atoms with Crippen molar-refractivity contribution in [2.45, 2.75) is 31.4 Å². The molecule has 2 rings (SSSR count). The fraction of sp³-hybridized carbons (Fsp3) is 0.533. The van der Waals surface area contributed by atoms with Gasteiger partial charge in [-0.25, -0.2) is 0 Å². The molecule has 1 aliphatic heterocycles. The Morgan fingerprint density at radius 3 is 2.74 bits per heavy atom. The Hall–Kier alpha value is -1.39. The Morgan fingerprint density at radius 1 is 1.42 bits per heavy atom. The van der Waals surface area contributed by atoms with E-state index in [-0.39, 0.29) is 6.10 Å². The van der Waals surface area contributed by atoms with Crippen LogP contribution in [0.3, 0.4) is 0 Å². The lowest BCUT2D eigenvalue weighted by Gasteiger charge is -2.31. The molecule has 0 aromatic heterocycles. The van der Waals surface area contributed by atoms with Gasteiger partial charge in [0.25, 0.3) is 0 Å². The third kappa shape index (κ3) is 3.78. The number of benzene rings is 1. The quantitative estimate of drug-likeness (QED) is 0.885. The van der Waals surface area contributed by atoms with E-state index in [1.54, 1.807) is 0 Å². The van der Waals surface area contributed by atoms with Crippen LogP contribution in [0.15, 0.2) is 30.3 Å². The first-order valence-corrected chi connectivity index (χ1v) is 6.78. The summed E-state index contributed by atoms with van der Waals surface area (Å²) < 4.78 is 5.68. The molecule has 0 spiro atoms. The highest BCUT2D eigenvalue weighted by atomic mass is 16.5. The zero-order valence-corrected chi connectivity index (χ0v) is 11.3. The Bertz CT molecular complexity index is 401. The van der Waals surface area contributed by atoms with Crippen molar-refractivity contribution < 1.29 is 14.6 Å². The van der Waals surface area contributed by atoms with Crippen molar-refractivity contribution in [1.82, 2.24) is 4.90 Å². The Labute approximate surface area is 114 Å². The van der Waals surface area contributed by atoms with Gasteiger partial charge in [-0.3, -0.25) is 9.69 Å². The fourth-order valence-corrected chi connectivity index (χ4v) is 2.60. The van der Waals surface area contributed by atoms with Crippen molar-refractivity contribution >= 4 is 5.97 Å². The zero-order valence-electron chi connectivity index (χ0n) is 11.3. The van der Waals surface area contributed by atoms with E-state index in [9.17, 15) is 9.90 Å². The number of carboxylic acid groups (broad SMARTS) is 1. The van der Waals surface area contributed by atoms with E-state index in [0.29, 0.717) is 6.54 Å². The van der Waals surface area contributed by atoms with Crippen LogP contribution in [0.5, 0.6) is 0 Å². The molecule has 4 heteroatoms. The molecule has 1 fully saturated rings. The fourth-order valence-electron chi connectivity index (χ4n) is 2.60. The summed E-state index contributed by atoms with van der Waals surface area (Å²) in [6.07, 6.45) is 3.46. The predicted molar refractivity (Wildman–Crippen MR) is 73.0 cm³/mol. The lowest BCUT2D eigenvalue weighted by atomic mass is 10.0. The number of carboxylic acids is 1. The van der Waals surface area contributed by atoms with E-state index in [2.05, 4.69) is 0 Å². The molecule has 1 saturated heterocycles. The largest absolute Gasteiger partial charge is 0.480 e. The molecule has 1 aromatic carbocycles. The van der Waals surface area contributed by atoms with Gasteiger partial charge in [0.15, 0.2) is 0 Å². The summed E-state index contributed by atoms with van der Waals surface area (Å²) in [4.78, 5) is 13.4. The van der Waals surface area contributed by atoms with Crippen molar-refractivity contribution in [2.75, 3.05) is 20.2 Å². The number of carbonyl (C=O) groups is 1. The Balaban J connectivity index is 2.04. The molecule has 0 bridgehead atoms. The van der Waals surface area contributed by atoms with Gasteiger partial charge in [0, 0.05) is 13.2 Å². The molecule has 1 aromatic rings. The third-order valence-corrected chi connectivity index (χ3v) is 3.56. The Morgan fingerprint density at radius 2 is 2.16 bits per heavy atom. The van der Waals surface area contributed by atoms with Gasteiger partial charge in [0.05, 0.1) is 6.10 Å². The average Bonchev–Trinajstić information content (AvgIpc) is 2.40. The summed E-state index contributed by atoms with van der Waals surface area (Å²) in [5, 5.41) is 9.44. The SMILES string of the molecule is CN(CC1CCCCO1)C(C(=O)O)c1ccccc1. The molecule has 0 saturated carbocycles. The number of hydrogen-bond donors (Lipinski definition) is 1. The summed E-state index contributed by atoms with van der Waals surface area (Å²) in [5.41, 5.74) is 0.813. The highest BCUT2D eigenvalue weighted by molar-refractivity contribution is 5.75. The number of ether oxygens (including phenoxy) is 1. The third-order valence-electron chi connectivity index (χ3n) is 3.56. The average molecular weight is 263 g/mol. The van der Waals surface area contributed by atoms with Gasteiger partial charge in [-0.05, 0) is 31.9 Å². The minimum absolute atomic E-state index is 0.157. The molecule has 1 aliphatic rings. The van der Waals surface area contributed by atoms with Gasteiger partial charge in [0.2, 0.25) is 0 Å². The van der Waals surface area contributed by atoms with Crippen LogP contribution in [0.2, 0.25) is 0 Å². The first-order valence-electron chi connectivity index (χ1n) is 6.78. The molecular weight excluding hydrogens is 242 g/mol. The van der Waals surface area contributed by atoms with E-state index in [0.717, 1.165) is 25.0 Å². The van der Waals surface area contributed by atoms with Crippen LogP contribution in [0.1, 0.15) is 30.9 Å². The van der Waals surface area contributed by atoms with Crippen molar-refractivity contribution in [3.05, 3.63) is 35.9 Å². The summed E-state index contributed by atoms with van der Waals surface area (Å²) in [5.74, 6) is -0.815. The summed E-state index contributed by atoms with van der Waals surface area (Å²) in [6.45, 7) is 1.45. The Kier molecular flexibility index (Phi) is 4.93. The van der Waals surface area contributed by atoms with E-state index in [1.165, 1.54) is 6.42 Å². The number of rotatable bonds is 5. The molecular formula is C15H21NO3. The standard InChI is InChI=1S/C15H21NO3/c1-16(11-13-9-5-6-10-19-13)14(15(17)18)12-7-3-2-4-8-12/h2-4,7-8,13-14H,5-6,9-11H2,1H3,(H,17,18). The maximum atomic E-state index is 11.5. The molecule has 0 radical (unpaired) electrons. The van der Waals surface area contributed by atoms with E-state index >= 15 is 0 Å². The van der Waals surface area contributed by atoms with Crippen LogP contribution in [0.25, 0.3) is 0 Å². The lowest BCUT2D eigenvalue weighted by molar-refractivity contribution is -0.143. The molecule has 104 valence electrons. The maximum absolute atomic E-state index is 11.5. The monoisotopic (exact) mass is 263 g/mol. The van der Waals surface area contributed by atoms with Gasteiger partial charge >= 0.3 is 5.97 Å². The second-order valence-corrected chi connectivity index (χ2v) is 5.08. The zero-order chi connectivity index (χ0) is 13.7. The molecule has 19 heavy (non-hydrogen) atoms. The lowest BCUT2D eigenvalue weighted by Crippen LogP contribution is -2.38. The van der Waals surface area contributed by atoms with Crippen LogP contribution in [0.4, 0.5) is 0 Å². The molecule has 0 aliphatic carbocycles. The smallest absolute Gasteiger partial charge is 0.325 e. The van der Waals surface area contributed by atoms with Crippen LogP contribution in [-0.2, 0) is 9.53 Å². The summed E-state index contributed by atoms with van der Waals surface area (Å²) in [6, 6.07) is 8.75. The minimum Gasteiger partial charge on any atom is -0.480 e. The summed E-state index contributed by atoms with van der Waals surface area (Å²) >= 11 is 0. The molecule has 2 unspecified atom stereocenters. The topological polar surface area (TPSA) is 49.8 Å². The van der Waals surface area contributed by atoms with E-state index in [4.69, 9.17) is 4.74 Å². The van der Waals surface area contributed by atoms with Crippen molar-refractivity contribution in [2.24, 2.45) is 0 Å². The van der Waals surface area contributed by atoms with E-state index < -0.39 is 12.0 Å². The number of likely N-dealkylation sites (N-methyl/N-ethyl adjacent to an activating group) is 1. The molecule has 1 N–H and O–H groups in total. The first kappa shape index (κ1) is 14.0. The van der Waals surface area contributed by atoms with Crippen molar-refractivity contribution in [3.8, 4) is 0 Å². The number of aliphatic carboxylic acids is 1. The normalized spacial score (nSPS) is 21.3. The number of hydrogen-bond acceptors (Lipinski definition) is 3. The molecule has 4 nitrogen and oxygen atoms in total. The van der Waals surface area contributed by atoms with Gasteiger partial charge < -0.3 is 9.84 Å². The van der Waals surface area contributed by atoms with Gasteiger partial charge in [-0.1, -0.05) is 30.3 Å². The van der Waals surface area contributed by atoms with Crippen LogP contribution < -0.4 is 0 Å². The first-order chi connectivity index (χ1) is 9.18. The number of nitrogens with zero attached hydrogens (tertiary/aromatic N) is 1. The molecule has 0 amide bonds. The highest BCUT2D eigenvalue weighted by Crippen LogP contribution is 2.22. The second-order valence-electron chi connectivity index (χ2n) is 5.08. The molecule has 2 atom stereocenters. The highest BCUT2D eigenvalue weighted by Gasteiger charge is 2.27. The minimum atomic E-state index is -0.815. The second kappa shape index (κ2) is 6.68. The summed E-state index contributed by atoms with van der Waals surface area (Å²) in [7, 11) is 1.85. The predicted octanol–water partition coefficient (Wildman–Crippen LogP) is 2.31.